The third kappa shape index (κ3) is 5.96. The number of benzene rings is 2. The number of urea groups is 1. The fourth-order valence-electron chi connectivity index (χ4n) is 5.22. The van der Waals surface area contributed by atoms with Gasteiger partial charge in [0.1, 0.15) is 23.5 Å². The fraction of sp³-hybridized carbons (Fsp3) is 0.464. The van der Waals surface area contributed by atoms with Crippen LogP contribution in [0.5, 0.6) is 11.5 Å². The lowest BCUT2D eigenvalue weighted by Crippen LogP contribution is -2.58. The first kappa shape index (κ1) is 27.3. The standard InChI is InChI=1S/C28H29F3N4O6/c29-17-9-16(10-18(30)11-17)22-4-6-32-35(22)28(37)34-14-19(15-34)40-24-13-21-25(12-20(24)31)41-23(27(36)33-21)5-8-39-26-3-1-2-7-38-26/h6,9-13,19,22-23,26H,1-5,7-8,14-15H2,(H,33,36). The van der Waals surface area contributed by atoms with E-state index >= 15 is 0 Å². The van der Waals surface area contributed by atoms with Gasteiger partial charge in [0.25, 0.3) is 5.91 Å². The highest BCUT2D eigenvalue weighted by atomic mass is 19.1. The van der Waals surface area contributed by atoms with Gasteiger partial charge in [0.2, 0.25) is 0 Å². The number of nitrogens with one attached hydrogen (secondary N) is 1. The topological polar surface area (TPSA) is 102 Å². The van der Waals surface area contributed by atoms with Crippen molar-refractivity contribution < 1.29 is 41.7 Å². The largest absolute Gasteiger partial charge is 0.484 e. The molecule has 0 aliphatic carbocycles. The van der Waals surface area contributed by atoms with Crippen LogP contribution in [-0.2, 0) is 14.3 Å². The molecule has 2 saturated heterocycles. The van der Waals surface area contributed by atoms with E-state index < -0.39 is 41.7 Å². The van der Waals surface area contributed by atoms with Crippen LogP contribution in [0.1, 0.15) is 43.7 Å². The second-order valence-corrected chi connectivity index (χ2v) is 10.4. The van der Waals surface area contributed by atoms with Gasteiger partial charge in [0, 0.05) is 43.9 Å². The van der Waals surface area contributed by atoms with E-state index in [0.717, 1.165) is 31.4 Å². The summed E-state index contributed by atoms with van der Waals surface area (Å²) in [6.07, 6.45) is 3.36. The first-order chi connectivity index (χ1) is 19.8. The monoisotopic (exact) mass is 574 g/mol. The number of halogens is 3. The lowest BCUT2D eigenvalue weighted by Gasteiger charge is -2.41. The van der Waals surface area contributed by atoms with Gasteiger partial charge in [-0.15, -0.1) is 0 Å². The molecular weight excluding hydrogens is 545 g/mol. The lowest BCUT2D eigenvalue weighted by molar-refractivity contribution is -0.166. The van der Waals surface area contributed by atoms with E-state index in [-0.39, 0.29) is 55.5 Å². The number of anilines is 1. The molecule has 3 amide bonds. The van der Waals surface area contributed by atoms with Gasteiger partial charge in [0.15, 0.2) is 24.0 Å². The molecule has 3 unspecified atom stereocenters. The van der Waals surface area contributed by atoms with Gasteiger partial charge in [0.05, 0.1) is 31.4 Å². The molecule has 41 heavy (non-hydrogen) atoms. The van der Waals surface area contributed by atoms with Crippen molar-refractivity contribution in [1.29, 1.82) is 0 Å². The van der Waals surface area contributed by atoms with Gasteiger partial charge in [-0.2, -0.15) is 5.10 Å². The van der Waals surface area contributed by atoms with Crippen molar-refractivity contribution in [1.82, 2.24) is 9.91 Å². The second-order valence-electron chi connectivity index (χ2n) is 10.4. The van der Waals surface area contributed by atoms with Crippen LogP contribution in [0, 0.1) is 17.5 Å². The maximum absolute atomic E-state index is 14.9. The maximum atomic E-state index is 14.9. The van der Waals surface area contributed by atoms with Crippen molar-refractivity contribution in [2.75, 3.05) is 31.6 Å². The van der Waals surface area contributed by atoms with E-state index in [4.69, 9.17) is 18.9 Å². The summed E-state index contributed by atoms with van der Waals surface area (Å²) in [5.41, 5.74) is 0.582. The lowest BCUT2D eigenvalue weighted by atomic mass is 10.0. The molecule has 4 heterocycles. The van der Waals surface area contributed by atoms with Crippen LogP contribution in [0.15, 0.2) is 35.4 Å². The van der Waals surface area contributed by atoms with Crippen molar-refractivity contribution >= 4 is 23.8 Å². The molecule has 0 radical (unpaired) electrons. The molecule has 6 rings (SSSR count). The van der Waals surface area contributed by atoms with Crippen LogP contribution in [0.3, 0.4) is 0 Å². The summed E-state index contributed by atoms with van der Waals surface area (Å²) in [5, 5.41) is 8.00. The molecule has 0 spiro atoms. The van der Waals surface area contributed by atoms with E-state index in [0.29, 0.717) is 18.6 Å². The minimum Gasteiger partial charge on any atom is -0.484 e. The zero-order valence-electron chi connectivity index (χ0n) is 22.1. The minimum atomic E-state index is -0.829. The van der Waals surface area contributed by atoms with Crippen LogP contribution >= 0.6 is 0 Å². The summed E-state index contributed by atoms with van der Waals surface area (Å²) in [4.78, 5) is 27.0. The van der Waals surface area contributed by atoms with E-state index in [1.807, 2.05) is 0 Å². The van der Waals surface area contributed by atoms with Gasteiger partial charge in [-0.1, -0.05) is 0 Å². The molecule has 0 bridgehead atoms. The third-order valence-corrected chi connectivity index (χ3v) is 7.38. The molecule has 2 fully saturated rings. The van der Waals surface area contributed by atoms with E-state index in [9.17, 15) is 22.8 Å². The number of ether oxygens (including phenoxy) is 4. The number of hydrogen-bond donors (Lipinski definition) is 1. The molecule has 2 aromatic carbocycles. The highest BCUT2D eigenvalue weighted by molar-refractivity contribution is 5.98. The predicted octanol–water partition coefficient (Wildman–Crippen LogP) is 4.35. The fourth-order valence-corrected chi connectivity index (χ4v) is 5.22. The number of hydrogen-bond acceptors (Lipinski definition) is 7. The number of nitrogens with zero attached hydrogens (tertiary/aromatic N) is 3. The highest BCUT2D eigenvalue weighted by Crippen LogP contribution is 2.37. The summed E-state index contributed by atoms with van der Waals surface area (Å²) < 4.78 is 65.0. The molecular formula is C28H29F3N4O6. The molecule has 0 aromatic heterocycles. The zero-order chi connectivity index (χ0) is 28.5. The normalized spacial score (nSPS) is 24.0. The number of carbonyl (C=O) groups excluding carboxylic acids is 2. The molecule has 10 nitrogen and oxygen atoms in total. The van der Waals surface area contributed by atoms with Gasteiger partial charge >= 0.3 is 6.03 Å². The summed E-state index contributed by atoms with van der Waals surface area (Å²) in [6, 6.07) is 4.54. The molecule has 218 valence electrons. The Labute approximate surface area is 234 Å². The Hall–Kier alpha value is -3.84. The molecule has 2 aromatic rings. The van der Waals surface area contributed by atoms with Gasteiger partial charge in [-0.25, -0.2) is 23.0 Å². The quantitative estimate of drug-likeness (QED) is 0.528. The Kier molecular flexibility index (Phi) is 7.71. The minimum absolute atomic E-state index is 0.0896. The summed E-state index contributed by atoms with van der Waals surface area (Å²) >= 11 is 0. The molecule has 4 aliphatic rings. The van der Waals surface area contributed by atoms with E-state index in [1.54, 1.807) is 0 Å². The van der Waals surface area contributed by atoms with E-state index in [2.05, 4.69) is 10.4 Å². The van der Waals surface area contributed by atoms with Crippen LogP contribution < -0.4 is 14.8 Å². The number of hydrazone groups is 1. The Morgan fingerprint density at radius 3 is 2.66 bits per heavy atom. The Balaban J connectivity index is 1.02. The number of carbonyl (C=O) groups is 2. The Bertz CT molecular complexity index is 1330. The van der Waals surface area contributed by atoms with Crippen molar-refractivity contribution in [3.63, 3.8) is 0 Å². The number of rotatable bonds is 7. The van der Waals surface area contributed by atoms with Crippen molar-refractivity contribution in [2.45, 2.75) is 56.6 Å². The molecule has 13 heteroatoms. The molecule has 0 saturated carbocycles. The SMILES string of the molecule is O=C1Nc2cc(OC3CN(C(=O)N4N=CCC4c4cc(F)cc(F)c4)C3)c(F)cc2OC1CCOC1CCCCO1. The first-order valence-electron chi connectivity index (χ1n) is 13.6. The van der Waals surface area contributed by atoms with Crippen LogP contribution in [-0.4, -0.2) is 72.9 Å². The van der Waals surface area contributed by atoms with Crippen LogP contribution in [0.4, 0.5) is 23.7 Å². The maximum Gasteiger partial charge on any atom is 0.341 e. The Morgan fingerprint density at radius 2 is 1.90 bits per heavy atom. The zero-order valence-corrected chi connectivity index (χ0v) is 22.1. The predicted molar refractivity (Wildman–Crippen MR) is 139 cm³/mol. The molecule has 4 aliphatic heterocycles. The summed E-state index contributed by atoms with van der Waals surface area (Å²) in [5.74, 6) is -2.42. The summed E-state index contributed by atoms with van der Waals surface area (Å²) in [7, 11) is 0. The van der Waals surface area contributed by atoms with Crippen molar-refractivity contribution in [3.05, 3.63) is 53.3 Å². The number of amides is 3. The average molecular weight is 575 g/mol. The van der Waals surface area contributed by atoms with E-state index in [1.165, 1.54) is 34.3 Å². The Morgan fingerprint density at radius 1 is 1.10 bits per heavy atom. The van der Waals surface area contributed by atoms with Crippen LogP contribution in [0.2, 0.25) is 0 Å². The molecule has 1 N–H and O–H groups in total. The first-order valence-corrected chi connectivity index (χ1v) is 13.6. The average Bonchev–Trinajstić information content (AvgIpc) is 3.41. The number of likely N-dealkylation sites (tertiary alicyclic amines) is 1. The van der Waals surface area contributed by atoms with Crippen molar-refractivity contribution in [2.24, 2.45) is 5.10 Å². The van der Waals surface area contributed by atoms with Gasteiger partial charge in [-0.05, 0) is 37.0 Å². The van der Waals surface area contributed by atoms with Gasteiger partial charge in [-0.3, -0.25) is 4.79 Å². The highest BCUT2D eigenvalue weighted by Gasteiger charge is 2.39. The third-order valence-electron chi connectivity index (χ3n) is 7.38. The number of fused-ring (bicyclic) bond motifs is 1. The smallest absolute Gasteiger partial charge is 0.341 e. The molecule has 3 atom stereocenters. The van der Waals surface area contributed by atoms with Crippen LogP contribution in [0.25, 0.3) is 0 Å². The summed E-state index contributed by atoms with van der Waals surface area (Å²) in [6.45, 7) is 1.23. The van der Waals surface area contributed by atoms with Crippen molar-refractivity contribution in [3.8, 4) is 11.5 Å². The second kappa shape index (κ2) is 11.6. The van der Waals surface area contributed by atoms with Gasteiger partial charge < -0.3 is 29.2 Å².